The molecule has 0 saturated carbocycles. The minimum Gasteiger partial charge on any atom is -0.462 e. The van der Waals surface area contributed by atoms with Gasteiger partial charge in [0.2, 0.25) is 0 Å². The number of nitrogen functional groups attached to an aromatic ring is 1. The Kier molecular flexibility index (Phi) is 4.39. The first-order valence-electron chi connectivity index (χ1n) is 4.56. The Hall–Kier alpha value is -1.26. The molecule has 0 heterocycles. The van der Waals surface area contributed by atoms with E-state index in [1.807, 2.05) is 0 Å². The summed E-state index contributed by atoms with van der Waals surface area (Å²) in [5.74, 6) is 5.22. The maximum absolute atomic E-state index is 11.5. The third-order valence-corrected chi connectivity index (χ3v) is 2.22. The smallest absolute Gasteiger partial charge is 0.340 e. The van der Waals surface area contributed by atoms with Crippen molar-refractivity contribution in [2.75, 3.05) is 12.0 Å². The summed E-state index contributed by atoms with van der Waals surface area (Å²) in [7, 11) is 0. The van der Waals surface area contributed by atoms with Gasteiger partial charge in [0.1, 0.15) is 0 Å². The van der Waals surface area contributed by atoms with Crippen LogP contribution in [-0.4, -0.2) is 12.6 Å². The highest BCUT2D eigenvalue weighted by Gasteiger charge is 2.14. The summed E-state index contributed by atoms with van der Waals surface area (Å²) in [5.41, 5.74) is 4.16. The molecule has 0 fully saturated rings. The number of esters is 1. The lowest BCUT2D eigenvalue weighted by molar-refractivity contribution is 0.0527. The van der Waals surface area contributed by atoms with Gasteiger partial charge >= 0.3 is 5.97 Å². The quantitative estimate of drug-likeness (QED) is 0.358. The van der Waals surface area contributed by atoms with E-state index >= 15 is 0 Å². The summed E-state index contributed by atoms with van der Waals surface area (Å²) in [4.78, 5) is 11.5. The molecule has 4 nitrogen and oxygen atoms in total. The number of halogens is 1. The first kappa shape index (κ1) is 11.8. The van der Waals surface area contributed by atoms with Crippen molar-refractivity contribution in [3.8, 4) is 0 Å². The third-order valence-electron chi connectivity index (χ3n) is 1.93. The zero-order chi connectivity index (χ0) is 11.3. The van der Waals surface area contributed by atoms with E-state index in [4.69, 9.17) is 22.2 Å². The molecule has 1 aromatic carbocycles. The van der Waals surface area contributed by atoms with E-state index in [0.717, 1.165) is 5.56 Å². The molecule has 1 rings (SSSR count). The summed E-state index contributed by atoms with van der Waals surface area (Å²) >= 11 is 5.72. The van der Waals surface area contributed by atoms with Crippen molar-refractivity contribution in [3.63, 3.8) is 0 Å². The lowest BCUT2D eigenvalue weighted by atomic mass is 10.1. The van der Waals surface area contributed by atoms with Crippen LogP contribution in [0.15, 0.2) is 18.2 Å². The third kappa shape index (κ3) is 2.61. The lowest BCUT2D eigenvalue weighted by Crippen LogP contribution is -2.15. The van der Waals surface area contributed by atoms with Crippen LogP contribution in [0.5, 0.6) is 0 Å². The predicted molar refractivity (Wildman–Crippen MR) is 59.8 cm³/mol. The molecule has 0 saturated heterocycles. The van der Waals surface area contributed by atoms with E-state index in [9.17, 15) is 4.79 Å². The number of carbonyl (C=O) groups is 1. The molecule has 0 atom stereocenters. The Balaban J connectivity index is 3.11. The number of alkyl halides is 1. The number of hydrogen-bond acceptors (Lipinski definition) is 4. The molecule has 0 amide bonds. The van der Waals surface area contributed by atoms with E-state index in [1.54, 1.807) is 25.1 Å². The standard InChI is InChI=1S/C10H13ClN2O2/c1-2-15-10(14)8-5-3-4-7(6-11)9(8)13-12/h3-5,13H,2,6,12H2,1H3. The first-order valence-corrected chi connectivity index (χ1v) is 5.09. The average Bonchev–Trinajstić information content (AvgIpc) is 2.28. The van der Waals surface area contributed by atoms with Gasteiger partial charge in [0.25, 0.3) is 0 Å². The van der Waals surface area contributed by atoms with Gasteiger partial charge in [-0.3, -0.25) is 5.84 Å². The molecule has 5 heteroatoms. The molecule has 0 radical (unpaired) electrons. The SMILES string of the molecule is CCOC(=O)c1cccc(CCl)c1NN. The van der Waals surface area contributed by atoms with Gasteiger partial charge in [-0.15, -0.1) is 11.6 Å². The van der Waals surface area contributed by atoms with Gasteiger partial charge in [-0.05, 0) is 18.6 Å². The molecule has 0 aliphatic heterocycles. The van der Waals surface area contributed by atoms with Crippen LogP contribution >= 0.6 is 11.6 Å². The van der Waals surface area contributed by atoms with Gasteiger partial charge < -0.3 is 10.2 Å². The summed E-state index contributed by atoms with van der Waals surface area (Å²) < 4.78 is 4.89. The van der Waals surface area contributed by atoms with Crippen molar-refractivity contribution in [2.45, 2.75) is 12.8 Å². The Morgan fingerprint density at radius 2 is 2.33 bits per heavy atom. The average molecular weight is 229 g/mol. The van der Waals surface area contributed by atoms with E-state index in [1.165, 1.54) is 0 Å². The fourth-order valence-corrected chi connectivity index (χ4v) is 1.48. The number of carbonyl (C=O) groups excluding carboxylic acids is 1. The zero-order valence-corrected chi connectivity index (χ0v) is 9.17. The van der Waals surface area contributed by atoms with Gasteiger partial charge in [0.05, 0.1) is 17.9 Å². The maximum atomic E-state index is 11.5. The van der Waals surface area contributed by atoms with Gasteiger partial charge in [0, 0.05) is 5.88 Å². The Morgan fingerprint density at radius 3 is 2.87 bits per heavy atom. The Morgan fingerprint density at radius 1 is 1.60 bits per heavy atom. The summed E-state index contributed by atoms with van der Waals surface area (Å²) in [6.07, 6.45) is 0. The summed E-state index contributed by atoms with van der Waals surface area (Å²) in [5, 5.41) is 0. The van der Waals surface area contributed by atoms with Gasteiger partial charge in [-0.25, -0.2) is 4.79 Å². The maximum Gasteiger partial charge on any atom is 0.340 e. The fourth-order valence-electron chi connectivity index (χ4n) is 1.26. The minimum absolute atomic E-state index is 0.285. The second-order valence-electron chi connectivity index (χ2n) is 2.84. The topological polar surface area (TPSA) is 64.3 Å². The number of benzene rings is 1. The molecule has 0 aromatic heterocycles. The Bertz CT molecular complexity index is 355. The number of anilines is 1. The van der Waals surface area contributed by atoms with Crippen molar-refractivity contribution in [1.29, 1.82) is 0 Å². The molecule has 0 spiro atoms. The minimum atomic E-state index is -0.405. The van der Waals surface area contributed by atoms with E-state index < -0.39 is 5.97 Å². The van der Waals surface area contributed by atoms with E-state index in [2.05, 4.69) is 5.43 Å². The largest absolute Gasteiger partial charge is 0.462 e. The van der Waals surface area contributed by atoms with Crippen molar-refractivity contribution in [2.24, 2.45) is 5.84 Å². The molecule has 0 bridgehead atoms. The zero-order valence-electron chi connectivity index (χ0n) is 8.42. The molecule has 82 valence electrons. The molecule has 0 aliphatic rings. The monoisotopic (exact) mass is 228 g/mol. The van der Waals surface area contributed by atoms with E-state index in [0.29, 0.717) is 17.9 Å². The highest BCUT2D eigenvalue weighted by atomic mass is 35.5. The van der Waals surface area contributed by atoms with Crippen LogP contribution < -0.4 is 11.3 Å². The molecular weight excluding hydrogens is 216 g/mol. The number of hydrazine groups is 1. The summed E-state index contributed by atoms with van der Waals surface area (Å²) in [6, 6.07) is 5.18. The van der Waals surface area contributed by atoms with Crippen molar-refractivity contribution >= 4 is 23.3 Å². The van der Waals surface area contributed by atoms with Crippen LogP contribution in [0.4, 0.5) is 5.69 Å². The Labute approximate surface area is 93.3 Å². The number of para-hydroxylation sites is 1. The van der Waals surface area contributed by atoms with Crippen LogP contribution in [0.25, 0.3) is 0 Å². The van der Waals surface area contributed by atoms with Crippen LogP contribution in [0.3, 0.4) is 0 Å². The highest BCUT2D eigenvalue weighted by Crippen LogP contribution is 2.22. The van der Waals surface area contributed by atoms with Crippen LogP contribution in [-0.2, 0) is 10.6 Å². The number of nitrogens with two attached hydrogens (primary N) is 1. The second-order valence-corrected chi connectivity index (χ2v) is 3.11. The van der Waals surface area contributed by atoms with Crippen LogP contribution in [0.1, 0.15) is 22.8 Å². The normalized spacial score (nSPS) is 9.80. The predicted octanol–water partition coefficient (Wildman–Crippen LogP) is 1.89. The van der Waals surface area contributed by atoms with Crippen molar-refractivity contribution in [3.05, 3.63) is 29.3 Å². The van der Waals surface area contributed by atoms with Crippen LogP contribution in [0, 0.1) is 0 Å². The molecular formula is C10H13ClN2O2. The number of hydrogen-bond donors (Lipinski definition) is 2. The molecule has 15 heavy (non-hydrogen) atoms. The van der Waals surface area contributed by atoms with Gasteiger partial charge in [0.15, 0.2) is 0 Å². The van der Waals surface area contributed by atoms with E-state index in [-0.39, 0.29) is 5.88 Å². The number of nitrogens with one attached hydrogen (secondary N) is 1. The number of ether oxygens (including phenoxy) is 1. The molecule has 3 N–H and O–H groups in total. The van der Waals surface area contributed by atoms with Crippen molar-refractivity contribution < 1.29 is 9.53 Å². The van der Waals surface area contributed by atoms with Gasteiger partial charge in [-0.2, -0.15) is 0 Å². The van der Waals surface area contributed by atoms with Crippen LogP contribution in [0.2, 0.25) is 0 Å². The highest BCUT2D eigenvalue weighted by molar-refractivity contribution is 6.17. The second kappa shape index (κ2) is 5.58. The molecule has 0 aliphatic carbocycles. The summed E-state index contributed by atoms with van der Waals surface area (Å²) in [6.45, 7) is 2.08. The fraction of sp³-hybridized carbons (Fsp3) is 0.300. The first-order chi connectivity index (χ1) is 7.24. The van der Waals surface area contributed by atoms with Crippen molar-refractivity contribution in [1.82, 2.24) is 0 Å². The molecule has 0 unspecified atom stereocenters. The number of rotatable bonds is 4. The molecule has 1 aromatic rings. The lowest BCUT2D eigenvalue weighted by Gasteiger charge is -2.11. The van der Waals surface area contributed by atoms with Gasteiger partial charge in [-0.1, -0.05) is 12.1 Å².